The van der Waals surface area contributed by atoms with Gasteiger partial charge in [0.1, 0.15) is 5.75 Å². The molecule has 0 N–H and O–H groups in total. The number of hydrogen-bond acceptors (Lipinski definition) is 4. The Bertz CT molecular complexity index is 708. The molecule has 6 nitrogen and oxygen atoms in total. The van der Waals surface area contributed by atoms with Gasteiger partial charge in [0, 0.05) is 32.6 Å². The highest BCUT2D eigenvalue weighted by molar-refractivity contribution is 7.89. The van der Waals surface area contributed by atoms with E-state index < -0.39 is 10.0 Å². The molecule has 0 aromatic heterocycles. The molecule has 1 aliphatic rings. The van der Waals surface area contributed by atoms with Crippen LogP contribution in [0.4, 0.5) is 0 Å². The van der Waals surface area contributed by atoms with Crippen molar-refractivity contribution in [2.45, 2.75) is 50.8 Å². The third-order valence-corrected chi connectivity index (χ3v) is 6.82. The second-order valence-corrected chi connectivity index (χ2v) is 8.44. The van der Waals surface area contributed by atoms with Crippen LogP contribution in [0.2, 0.25) is 0 Å². The molecule has 7 heteroatoms. The fourth-order valence-corrected chi connectivity index (χ4v) is 4.91. The maximum absolute atomic E-state index is 12.9. The molecular formula is C19H30N2O4S. The van der Waals surface area contributed by atoms with Gasteiger partial charge >= 0.3 is 0 Å². The largest absolute Gasteiger partial charge is 0.496 e. The van der Waals surface area contributed by atoms with Crippen LogP contribution in [-0.2, 0) is 21.2 Å². The number of nitrogens with zero attached hydrogens (tertiary/aromatic N) is 2. The van der Waals surface area contributed by atoms with Crippen LogP contribution in [0.3, 0.4) is 0 Å². The van der Waals surface area contributed by atoms with E-state index in [1.54, 1.807) is 34.5 Å². The first-order valence-corrected chi connectivity index (χ1v) is 10.8. The SMILES string of the molecule is CCN(CC)C(=O)CCc1cc(S(=O)(=O)N2CCCCC2)ccc1OC. The molecule has 0 atom stereocenters. The molecule has 1 aliphatic heterocycles. The first-order valence-electron chi connectivity index (χ1n) is 9.38. The maximum atomic E-state index is 12.9. The van der Waals surface area contributed by atoms with Crippen LogP contribution in [0.5, 0.6) is 5.75 Å². The molecule has 0 saturated carbocycles. The monoisotopic (exact) mass is 382 g/mol. The smallest absolute Gasteiger partial charge is 0.243 e. The van der Waals surface area contributed by atoms with Crippen LogP contribution in [0.25, 0.3) is 0 Å². The Labute approximate surface area is 157 Å². The molecule has 0 radical (unpaired) electrons. The van der Waals surface area contributed by atoms with Crippen LogP contribution in [0.15, 0.2) is 23.1 Å². The van der Waals surface area contributed by atoms with Gasteiger partial charge in [-0.2, -0.15) is 4.31 Å². The molecule has 146 valence electrons. The summed E-state index contributed by atoms with van der Waals surface area (Å²) < 4.78 is 32.7. The van der Waals surface area contributed by atoms with E-state index in [9.17, 15) is 13.2 Å². The minimum Gasteiger partial charge on any atom is -0.496 e. The summed E-state index contributed by atoms with van der Waals surface area (Å²) in [5.74, 6) is 0.691. The van der Waals surface area contributed by atoms with E-state index in [4.69, 9.17) is 4.74 Å². The Morgan fingerprint density at radius 1 is 1.15 bits per heavy atom. The minimum atomic E-state index is -3.49. The van der Waals surface area contributed by atoms with Gasteiger partial charge in [0.05, 0.1) is 12.0 Å². The number of aryl methyl sites for hydroxylation is 1. The quantitative estimate of drug-likeness (QED) is 0.693. The molecular weight excluding hydrogens is 352 g/mol. The van der Waals surface area contributed by atoms with Gasteiger partial charge in [0.15, 0.2) is 0 Å². The van der Waals surface area contributed by atoms with Crippen molar-refractivity contribution < 1.29 is 17.9 Å². The van der Waals surface area contributed by atoms with Crippen LogP contribution in [0, 0.1) is 0 Å². The Balaban J connectivity index is 2.21. The van der Waals surface area contributed by atoms with Crippen molar-refractivity contribution in [2.24, 2.45) is 0 Å². The van der Waals surface area contributed by atoms with E-state index >= 15 is 0 Å². The molecule has 1 aromatic carbocycles. The first kappa shape index (κ1) is 20.7. The second-order valence-electron chi connectivity index (χ2n) is 6.50. The minimum absolute atomic E-state index is 0.0707. The van der Waals surface area contributed by atoms with Crippen LogP contribution >= 0.6 is 0 Å². The third-order valence-electron chi connectivity index (χ3n) is 4.93. The highest BCUT2D eigenvalue weighted by Gasteiger charge is 2.26. The first-order chi connectivity index (χ1) is 12.4. The Hall–Kier alpha value is -1.60. The van der Waals surface area contributed by atoms with Crippen molar-refractivity contribution in [1.29, 1.82) is 0 Å². The molecule has 0 unspecified atom stereocenters. The summed E-state index contributed by atoms with van der Waals surface area (Å²) >= 11 is 0. The molecule has 1 amide bonds. The molecule has 26 heavy (non-hydrogen) atoms. The van der Waals surface area contributed by atoms with Gasteiger partial charge < -0.3 is 9.64 Å². The zero-order valence-corrected chi connectivity index (χ0v) is 16.8. The Morgan fingerprint density at radius 2 is 1.81 bits per heavy atom. The summed E-state index contributed by atoms with van der Waals surface area (Å²) in [6, 6.07) is 4.95. The van der Waals surface area contributed by atoms with Crippen LogP contribution in [-0.4, -0.2) is 56.8 Å². The number of ether oxygens (including phenoxy) is 1. The lowest BCUT2D eigenvalue weighted by atomic mass is 10.1. The van der Waals surface area contributed by atoms with Crippen molar-refractivity contribution in [3.05, 3.63) is 23.8 Å². The van der Waals surface area contributed by atoms with Gasteiger partial charge in [0.25, 0.3) is 0 Å². The molecule has 1 fully saturated rings. The normalized spacial score (nSPS) is 15.7. The van der Waals surface area contributed by atoms with E-state index in [-0.39, 0.29) is 10.8 Å². The Morgan fingerprint density at radius 3 is 2.38 bits per heavy atom. The number of rotatable bonds is 8. The molecule has 1 saturated heterocycles. The molecule has 1 heterocycles. The van der Waals surface area contributed by atoms with E-state index in [1.165, 1.54) is 0 Å². The highest BCUT2D eigenvalue weighted by atomic mass is 32.2. The number of amides is 1. The highest BCUT2D eigenvalue weighted by Crippen LogP contribution is 2.27. The second kappa shape index (κ2) is 9.37. The average Bonchev–Trinajstić information content (AvgIpc) is 2.67. The maximum Gasteiger partial charge on any atom is 0.243 e. The van der Waals surface area contributed by atoms with E-state index in [0.29, 0.717) is 44.8 Å². The molecule has 1 aromatic rings. The molecule has 0 bridgehead atoms. The van der Waals surface area contributed by atoms with Gasteiger partial charge in [-0.1, -0.05) is 6.42 Å². The number of carbonyl (C=O) groups is 1. The average molecular weight is 383 g/mol. The van der Waals surface area contributed by atoms with Crippen molar-refractivity contribution in [3.8, 4) is 5.75 Å². The standard InChI is InChI=1S/C19H30N2O4S/c1-4-20(5-2)19(22)12-9-16-15-17(10-11-18(16)25-3)26(23,24)21-13-7-6-8-14-21/h10-11,15H,4-9,12-14H2,1-3H3. The zero-order chi connectivity index (χ0) is 19.2. The van der Waals surface area contributed by atoms with Crippen LogP contribution < -0.4 is 4.74 Å². The number of methoxy groups -OCH3 is 1. The summed E-state index contributed by atoms with van der Waals surface area (Å²) in [6.45, 7) is 6.40. The van der Waals surface area contributed by atoms with E-state index in [0.717, 1.165) is 24.8 Å². The third kappa shape index (κ3) is 4.76. The van der Waals surface area contributed by atoms with Crippen LogP contribution in [0.1, 0.15) is 45.1 Å². The fourth-order valence-electron chi connectivity index (χ4n) is 3.34. The van der Waals surface area contributed by atoms with Gasteiger partial charge in [0.2, 0.25) is 15.9 Å². The van der Waals surface area contributed by atoms with Gasteiger partial charge in [-0.25, -0.2) is 8.42 Å². The molecule has 0 spiro atoms. The van der Waals surface area contributed by atoms with E-state index in [2.05, 4.69) is 0 Å². The fraction of sp³-hybridized carbons (Fsp3) is 0.632. The van der Waals surface area contributed by atoms with Crippen molar-refractivity contribution in [1.82, 2.24) is 9.21 Å². The molecule has 0 aliphatic carbocycles. The predicted octanol–water partition coefficient (Wildman–Crippen LogP) is 2.67. The summed E-state index contributed by atoms with van der Waals surface area (Å²) in [6.07, 6.45) is 3.68. The summed E-state index contributed by atoms with van der Waals surface area (Å²) in [7, 11) is -1.93. The number of sulfonamides is 1. The van der Waals surface area contributed by atoms with Crippen molar-refractivity contribution >= 4 is 15.9 Å². The predicted molar refractivity (Wildman–Crippen MR) is 102 cm³/mol. The van der Waals surface area contributed by atoms with E-state index in [1.807, 2.05) is 13.8 Å². The lowest BCUT2D eigenvalue weighted by Gasteiger charge is -2.26. The molecule has 2 rings (SSSR count). The number of hydrogen-bond donors (Lipinski definition) is 0. The summed E-state index contributed by atoms with van der Waals surface area (Å²) in [5.41, 5.74) is 0.756. The van der Waals surface area contributed by atoms with Gasteiger partial charge in [-0.15, -0.1) is 0 Å². The number of carbonyl (C=O) groups excluding carboxylic acids is 1. The van der Waals surface area contributed by atoms with Crippen molar-refractivity contribution in [2.75, 3.05) is 33.3 Å². The van der Waals surface area contributed by atoms with Crippen molar-refractivity contribution in [3.63, 3.8) is 0 Å². The lowest BCUT2D eigenvalue weighted by Crippen LogP contribution is -2.35. The van der Waals surface area contributed by atoms with Gasteiger partial charge in [-0.05, 0) is 56.9 Å². The summed E-state index contributed by atoms with van der Waals surface area (Å²) in [5, 5.41) is 0. The van der Waals surface area contributed by atoms with Gasteiger partial charge in [-0.3, -0.25) is 4.79 Å². The zero-order valence-electron chi connectivity index (χ0n) is 16.0. The Kier molecular flexibility index (Phi) is 7.46. The topological polar surface area (TPSA) is 66.9 Å². The lowest BCUT2D eigenvalue weighted by molar-refractivity contribution is -0.130. The number of piperidine rings is 1. The number of benzene rings is 1. The summed E-state index contributed by atoms with van der Waals surface area (Å²) in [4.78, 5) is 14.3.